The molecule has 10 heteroatoms. The Morgan fingerprint density at radius 3 is 2.24 bits per heavy atom. The SMILES string of the molecule is CC[C@@H](C)NC(=O)[C@@H](CC)N(Cc1ccccc1C)C(=O)CN(c1cc(Cl)ccc1OC)S(=O)(=O)c1ccccc1. The minimum Gasteiger partial charge on any atom is -0.495 e. The van der Waals surface area contributed by atoms with E-state index in [1.165, 1.54) is 30.2 Å². The van der Waals surface area contributed by atoms with Crippen LogP contribution in [0.5, 0.6) is 5.75 Å². The summed E-state index contributed by atoms with van der Waals surface area (Å²) in [6.45, 7) is 7.18. The zero-order valence-electron chi connectivity index (χ0n) is 24.1. The minimum absolute atomic E-state index is 0.00170. The molecule has 0 unspecified atom stereocenters. The highest BCUT2D eigenvalue weighted by molar-refractivity contribution is 7.92. The predicted octanol–water partition coefficient (Wildman–Crippen LogP) is 5.57. The number of hydrogen-bond donors (Lipinski definition) is 1. The lowest BCUT2D eigenvalue weighted by atomic mass is 10.1. The molecule has 3 rings (SSSR count). The van der Waals surface area contributed by atoms with Gasteiger partial charge in [-0.15, -0.1) is 0 Å². The molecule has 0 fully saturated rings. The van der Waals surface area contributed by atoms with Gasteiger partial charge in [0.2, 0.25) is 11.8 Å². The first-order chi connectivity index (χ1) is 19.5. The molecule has 0 aliphatic carbocycles. The van der Waals surface area contributed by atoms with E-state index in [2.05, 4.69) is 5.32 Å². The van der Waals surface area contributed by atoms with Gasteiger partial charge in [-0.1, -0.05) is 67.9 Å². The normalized spacial score (nSPS) is 12.7. The van der Waals surface area contributed by atoms with E-state index >= 15 is 0 Å². The lowest BCUT2D eigenvalue weighted by Gasteiger charge is -2.34. The maximum absolute atomic E-state index is 14.2. The molecule has 0 bridgehead atoms. The average Bonchev–Trinajstić information content (AvgIpc) is 2.96. The standard InChI is InChI=1S/C31H38ClN3O5S/c1-6-23(4)33-31(37)27(7-2)34(20-24-14-12-11-13-22(24)3)30(36)21-35(28-19-25(32)17-18-29(28)40-5)41(38,39)26-15-9-8-10-16-26/h8-19,23,27H,6-7,20-21H2,1-5H3,(H,33,37)/t23-,27-/m1/s1. The molecule has 0 aliphatic heterocycles. The number of carbonyl (C=O) groups is 2. The Kier molecular flexibility index (Phi) is 11.2. The predicted molar refractivity (Wildman–Crippen MR) is 163 cm³/mol. The number of nitrogens with zero attached hydrogens (tertiary/aromatic N) is 2. The quantitative estimate of drug-likeness (QED) is 0.277. The summed E-state index contributed by atoms with van der Waals surface area (Å²) in [5, 5.41) is 3.26. The molecule has 0 aliphatic rings. The molecule has 2 amide bonds. The van der Waals surface area contributed by atoms with Crippen LogP contribution in [-0.4, -0.2) is 50.9 Å². The van der Waals surface area contributed by atoms with E-state index in [4.69, 9.17) is 16.3 Å². The first-order valence-electron chi connectivity index (χ1n) is 13.6. The van der Waals surface area contributed by atoms with Gasteiger partial charge < -0.3 is 15.0 Å². The molecule has 8 nitrogen and oxygen atoms in total. The molecule has 0 spiro atoms. The van der Waals surface area contributed by atoms with Crippen LogP contribution in [0.25, 0.3) is 0 Å². The van der Waals surface area contributed by atoms with Crippen molar-refractivity contribution in [2.75, 3.05) is 18.0 Å². The largest absolute Gasteiger partial charge is 0.495 e. The highest BCUT2D eigenvalue weighted by Gasteiger charge is 2.35. The monoisotopic (exact) mass is 599 g/mol. The average molecular weight is 600 g/mol. The number of rotatable bonds is 13. The smallest absolute Gasteiger partial charge is 0.264 e. The number of hydrogen-bond acceptors (Lipinski definition) is 5. The Bertz CT molecular complexity index is 1450. The fourth-order valence-electron chi connectivity index (χ4n) is 4.42. The van der Waals surface area contributed by atoms with Crippen molar-refractivity contribution in [3.63, 3.8) is 0 Å². The van der Waals surface area contributed by atoms with Gasteiger partial charge in [0.25, 0.3) is 10.0 Å². The molecule has 41 heavy (non-hydrogen) atoms. The third kappa shape index (κ3) is 7.80. The second-order valence-electron chi connectivity index (χ2n) is 9.83. The van der Waals surface area contributed by atoms with E-state index in [-0.39, 0.29) is 39.8 Å². The lowest BCUT2D eigenvalue weighted by molar-refractivity contribution is -0.140. The summed E-state index contributed by atoms with van der Waals surface area (Å²) in [6.07, 6.45) is 1.07. The first kappa shape index (κ1) is 32.0. The van der Waals surface area contributed by atoms with Crippen LogP contribution in [0.15, 0.2) is 77.7 Å². The fraction of sp³-hybridized carbons (Fsp3) is 0.355. The lowest BCUT2D eigenvalue weighted by Crippen LogP contribution is -2.53. The summed E-state index contributed by atoms with van der Waals surface area (Å²) in [5.41, 5.74) is 1.92. The van der Waals surface area contributed by atoms with Crippen LogP contribution in [0.3, 0.4) is 0 Å². The van der Waals surface area contributed by atoms with Gasteiger partial charge in [-0.25, -0.2) is 8.42 Å². The van der Waals surface area contributed by atoms with E-state index < -0.39 is 28.5 Å². The van der Waals surface area contributed by atoms with Crippen molar-refractivity contribution in [1.82, 2.24) is 10.2 Å². The Labute approximate surface area is 248 Å². The number of methoxy groups -OCH3 is 1. The van der Waals surface area contributed by atoms with Crippen molar-refractivity contribution >= 4 is 39.1 Å². The number of sulfonamides is 1. The second kappa shape index (κ2) is 14.4. The molecule has 0 aromatic heterocycles. The van der Waals surface area contributed by atoms with Gasteiger partial charge in [-0.2, -0.15) is 0 Å². The fourth-order valence-corrected chi connectivity index (χ4v) is 6.03. The molecule has 220 valence electrons. The maximum atomic E-state index is 14.2. The molecular formula is C31H38ClN3O5S. The molecule has 2 atom stereocenters. The van der Waals surface area contributed by atoms with Crippen LogP contribution < -0.4 is 14.4 Å². The molecule has 0 radical (unpaired) electrons. The van der Waals surface area contributed by atoms with Gasteiger partial charge >= 0.3 is 0 Å². The topological polar surface area (TPSA) is 96.0 Å². The van der Waals surface area contributed by atoms with Crippen molar-refractivity contribution in [2.24, 2.45) is 0 Å². The summed E-state index contributed by atoms with van der Waals surface area (Å²) in [5.74, 6) is -0.601. The van der Waals surface area contributed by atoms with Crippen molar-refractivity contribution in [2.45, 2.75) is 64.1 Å². The number of ether oxygens (including phenoxy) is 1. The van der Waals surface area contributed by atoms with Gasteiger partial charge in [0.1, 0.15) is 18.3 Å². The van der Waals surface area contributed by atoms with Crippen LogP contribution in [0.2, 0.25) is 5.02 Å². The molecule has 0 saturated heterocycles. The summed E-state index contributed by atoms with van der Waals surface area (Å²) < 4.78 is 34.5. The Hall–Kier alpha value is -3.56. The minimum atomic E-state index is -4.24. The van der Waals surface area contributed by atoms with Crippen LogP contribution in [0.1, 0.15) is 44.7 Å². The molecule has 0 heterocycles. The number of aryl methyl sites for hydroxylation is 1. The first-order valence-corrected chi connectivity index (χ1v) is 15.4. The van der Waals surface area contributed by atoms with Gasteiger partial charge in [0, 0.05) is 17.6 Å². The Morgan fingerprint density at radius 2 is 1.63 bits per heavy atom. The van der Waals surface area contributed by atoms with Gasteiger partial charge in [-0.05, 0) is 68.1 Å². The number of anilines is 1. The molecule has 3 aromatic carbocycles. The Morgan fingerprint density at radius 1 is 0.976 bits per heavy atom. The molecular weight excluding hydrogens is 562 g/mol. The third-order valence-corrected chi connectivity index (χ3v) is 9.02. The van der Waals surface area contributed by atoms with E-state index in [0.717, 1.165) is 21.9 Å². The van der Waals surface area contributed by atoms with E-state index in [1.54, 1.807) is 30.3 Å². The van der Waals surface area contributed by atoms with Gasteiger partial charge in [0.05, 0.1) is 17.7 Å². The molecule has 1 N–H and O–H groups in total. The highest BCUT2D eigenvalue weighted by Crippen LogP contribution is 2.35. The number of carbonyl (C=O) groups excluding carboxylic acids is 2. The molecule has 3 aromatic rings. The summed E-state index contributed by atoms with van der Waals surface area (Å²) in [4.78, 5) is 29.1. The van der Waals surface area contributed by atoms with Crippen LogP contribution in [-0.2, 0) is 26.2 Å². The van der Waals surface area contributed by atoms with Crippen LogP contribution in [0.4, 0.5) is 5.69 Å². The highest BCUT2D eigenvalue weighted by atomic mass is 35.5. The number of benzene rings is 3. The number of amides is 2. The summed E-state index contributed by atoms with van der Waals surface area (Å²) in [6, 6.07) is 19.1. The number of halogens is 1. The van der Waals surface area contributed by atoms with Crippen molar-refractivity contribution in [3.05, 3.63) is 88.9 Å². The van der Waals surface area contributed by atoms with Gasteiger partial charge in [0.15, 0.2) is 0 Å². The van der Waals surface area contributed by atoms with Crippen LogP contribution >= 0.6 is 11.6 Å². The second-order valence-corrected chi connectivity index (χ2v) is 12.1. The van der Waals surface area contributed by atoms with E-state index in [0.29, 0.717) is 6.42 Å². The van der Waals surface area contributed by atoms with Crippen molar-refractivity contribution in [1.29, 1.82) is 0 Å². The van der Waals surface area contributed by atoms with E-state index in [9.17, 15) is 18.0 Å². The third-order valence-electron chi connectivity index (χ3n) is 7.01. The van der Waals surface area contributed by atoms with Crippen molar-refractivity contribution in [3.8, 4) is 5.75 Å². The Balaban J connectivity index is 2.13. The van der Waals surface area contributed by atoms with Crippen molar-refractivity contribution < 1.29 is 22.7 Å². The number of nitrogens with one attached hydrogen (secondary N) is 1. The zero-order chi connectivity index (χ0) is 30.2. The summed E-state index contributed by atoms with van der Waals surface area (Å²) in [7, 11) is -2.83. The zero-order valence-corrected chi connectivity index (χ0v) is 25.7. The summed E-state index contributed by atoms with van der Waals surface area (Å²) >= 11 is 6.29. The maximum Gasteiger partial charge on any atom is 0.264 e. The van der Waals surface area contributed by atoms with Gasteiger partial charge in [-0.3, -0.25) is 13.9 Å². The molecule has 0 saturated carbocycles. The van der Waals surface area contributed by atoms with Crippen LogP contribution in [0, 0.1) is 6.92 Å². The van der Waals surface area contributed by atoms with E-state index in [1.807, 2.05) is 52.0 Å².